The van der Waals surface area contributed by atoms with Crippen molar-refractivity contribution in [1.29, 1.82) is 0 Å². The van der Waals surface area contributed by atoms with Gasteiger partial charge in [-0.1, -0.05) is 0 Å². The van der Waals surface area contributed by atoms with Gasteiger partial charge >= 0.3 is 18.9 Å². The molecule has 78 valence electrons. The van der Waals surface area contributed by atoms with Crippen molar-refractivity contribution in [2.45, 2.75) is 37.6 Å². The molecule has 0 aliphatic heterocycles. The van der Waals surface area contributed by atoms with Crippen molar-refractivity contribution >= 4 is 10.3 Å². The monoisotopic (exact) mass is 221 g/mol. The van der Waals surface area contributed by atoms with Crippen molar-refractivity contribution in [2.24, 2.45) is 0 Å². The Balaban J connectivity index is 0.00000169. The zero-order valence-corrected chi connectivity index (χ0v) is 8.61. The summed E-state index contributed by atoms with van der Waals surface area (Å²) in [6, 6.07) is -0.623. The van der Waals surface area contributed by atoms with Gasteiger partial charge in [0.25, 0.3) is 0 Å². The average Bonchev–Trinajstić information content (AvgIpc) is 1.91. The van der Waals surface area contributed by atoms with Gasteiger partial charge in [0.05, 0.1) is 0 Å². The summed E-state index contributed by atoms with van der Waals surface area (Å²) >= 11 is 0. The molecule has 1 saturated carbocycles. The molecule has 0 amide bonds. The van der Waals surface area contributed by atoms with Crippen LogP contribution < -0.4 is 23.6 Å². The van der Waals surface area contributed by atoms with Gasteiger partial charge in [-0.25, -0.2) is 21.9 Å². The van der Waals surface area contributed by atoms with E-state index in [4.69, 9.17) is 0 Å². The molecule has 1 N–H and O–H groups in total. The van der Waals surface area contributed by atoms with Crippen LogP contribution in [0.15, 0.2) is 0 Å². The third-order valence-electron chi connectivity index (χ3n) is 2.03. The number of halogens is 2. The van der Waals surface area contributed by atoms with Crippen LogP contribution in [-0.2, 0) is 10.3 Å². The van der Waals surface area contributed by atoms with Gasteiger partial charge in [0, 0.05) is 18.9 Å². The van der Waals surface area contributed by atoms with Gasteiger partial charge in [-0.2, -0.15) is 0 Å². The molecule has 0 saturated heterocycles. The van der Waals surface area contributed by atoms with Crippen LogP contribution in [0, 0.1) is 0 Å². The van der Waals surface area contributed by atoms with Gasteiger partial charge in [0.1, 0.15) is 0 Å². The maximum absolute atomic E-state index is 12.6. The Morgan fingerprint density at radius 2 is 1.71 bits per heavy atom. The van der Waals surface area contributed by atoms with Crippen molar-refractivity contribution in [1.82, 2.24) is 4.72 Å². The average molecular weight is 221 g/mol. The minimum absolute atomic E-state index is 0. The van der Waals surface area contributed by atoms with E-state index in [2.05, 4.69) is 0 Å². The SMILES string of the molecule is O=S(=O)([O-])NC1CCC(F)(F)CC1.[Li+]. The molecule has 14 heavy (non-hydrogen) atoms. The molecular formula is C6H10F2LiNO3S. The molecule has 0 bridgehead atoms. The van der Waals surface area contributed by atoms with E-state index in [-0.39, 0.29) is 44.5 Å². The van der Waals surface area contributed by atoms with E-state index < -0.39 is 22.3 Å². The van der Waals surface area contributed by atoms with E-state index in [0.29, 0.717) is 0 Å². The first kappa shape index (κ1) is 14.3. The minimum Gasteiger partial charge on any atom is -0.735 e. The molecule has 0 aromatic carbocycles. The Kier molecular flexibility index (Phi) is 5.02. The van der Waals surface area contributed by atoms with Crippen molar-refractivity contribution in [3.05, 3.63) is 0 Å². The fourth-order valence-corrected chi connectivity index (χ4v) is 2.01. The Hall–Kier alpha value is 0.327. The summed E-state index contributed by atoms with van der Waals surface area (Å²) in [5.74, 6) is -2.70. The molecule has 4 nitrogen and oxygen atoms in total. The smallest absolute Gasteiger partial charge is 0.735 e. The Labute approximate surface area is 93.5 Å². The summed E-state index contributed by atoms with van der Waals surface area (Å²) in [4.78, 5) is 0. The number of rotatable bonds is 2. The predicted octanol–water partition coefficient (Wildman–Crippen LogP) is -2.38. The minimum atomic E-state index is -4.51. The van der Waals surface area contributed by atoms with E-state index in [9.17, 15) is 21.8 Å². The Morgan fingerprint density at radius 1 is 1.29 bits per heavy atom. The van der Waals surface area contributed by atoms with E-state index in [0.717, 1.165) is 0 Å². The zero-order valence-electron chi connectivity index (χ0n) is 7.79. The summed E-state index contributed by atoms with van der Waals surface area (Å²) < 4.78 is 57.5. The van der Waals surface area contributed by atoms with Crippen molar-refractivity contribution in [3.63, 3.8) is 0 Å². The maximum Gasteiger partial charge on any atom is 1.00 e. The van der Waals surface area contributed by atoms with Gasteiger partial charge in [0.15, 0.2) is 10.3 Å². The molecule has 1 rings (SSSR count). The molecule has 8 heteroatoms. The van der Waals surface area contributed by atoms with Gasteiger partial charge in [0.2, 0.25) is 5.92 Å². The first-order chi connectivity index (χ1) is 5.79. The van der Waals surface area contributed by atoms with Gasteiger partial charge < -0.3 is 4.55 Å². The molecule has 0 aromatic heterocycles. The molecule has 1 aliphatic rings. The molecular weight excluding hydrogens is 211 g/mol. The Bertz CT molecular complexity index is 273. The summed E-state index contributed by atoms with van der Waals surface area (Å²) in [5.41, 5.74) is 0. The van der Waals surface area contributed by atoms with Crippen LogP contribution in [0.25, 0.3) is 0 Å². The fraction of sp³-hybridized carbons (Fsp3) is 1.00. The molecule has 1 aliphatic carbocycles. The molecule has 1 fully saturated rings. The number of alkyl halides is 2. The second-order valence-corrected chi connectivity index (χ2v) is 4.35. The quantitative estimate of drug-likeness (QED) is 0.418. The topological polar surface area (TPSA) is 69.2 Å². The number of hydrogen-bond donors (Lipinski definition) is 1. The van der Waals surface area contributed by atoms with Crippen molar-refractivity contribution < 1.29 is 40.6 Å². The van der Waals surface area contributed by atoms with Crippen LogP contribution in [-0.4, -0.2) is 24.9 Å². The summed E-state index contributed by atoms with van der Waals surface area (Å²) in [7, 11) is -4.51. The normalized spacial score (nSPS) is 22.8. The van der Waals surface area contributed by atoms with Crippen molar-refractivity contribution in [2.75, 3.05) is 0 Å². The van der Waals surface area contributed by atoms with Gasteiger partial charge in [-0.3, -0.25) is 0 Å². The van der Waals surface area contributed by atoms with Crippen molar-refractivity contribution in [3.8, 4) is 0 Å². The van der Waals surface area contributed by atoms with E-state index in [1.807, 2.05) is 0 Å². The third kappa shape index (κ3) is 5.27. The molecule has 0 unspecified atom stereocenters. The summed E-state index contributed by atoms with van der Waals surface area (Å²) in [6.45, 7) is 0. The van der Waals surface area contributed by atoms with E-state index >= 15 is 0 Å². The van der Waals surface area contributed by atoms with Crippen LogP contribution in [0.5, 0.6) is 0 Å². The maximum atomic E-state index is 12.6. The molecule has 0 heterocycles. The largest absolute Gasteiger partial charge is 1.00 e. The van der Waals surface area contributed by atoms with E-state index in [1.165, 1.54) is 0 Å². The fourth-order valence-electron chi connectivity index (χ4n) is 1.36. The Morgan fingerprint density at radius 3 is 2.07 bits per heavy atom. The van der Waals surface area contributed by atoms with Crippen LogP contribution in [0.2, 0.25) is 0 Å². The second kappa shape index (κ2) is 4.90. The van der Waals surface area contributed by atoms with Crippen LogP contribution in [0.4, 0.5) is 8.78 Å². The van der Waals surface area contributed by atoms with Crippen LogP contribution >= 0.6 is 0 Å². The first-order valence-corrected chi connectivity index (χ1v) is 5.30. The zero-order chi connectivity index (χ0) is 10.1. The third-order valence-corrected chi connectivity index (χ3v) is 2.65. The number of nitrogens with one attached hydrogen (secondary N) is 1. The van der Waals surface area contributed by atoms with Crippen LogP contribution in [0.1, 0.15) is 25.7 Å². The van der Waals surface area contributed by atoms with Gasteiger partial charge in [-0.15, -0.1) is 0 Å². The molecule has 0 spiro atoms. The second-order valence-electron chi connectivity index (χ2n) is 3.20. The molecule has 0 radical (unpaired) electrons. The van der Waals surface area contributed by atoms with E-state index in [1.54, 1.807) is 4.72 Å². The summed E-state index contributed by atoms with van der Waals surface area (Å²) in [6.07, 6.45) is -0.677. The standard InChI is InChI=1S/C6H11F2NO3S.Li/c7-6(8)3-1-5(2-4-6)9-13(10,11)12;/h5,9H,1-4H2,(H,10,11,12);/q;+1/p-1. The first-order valence-electron chi connectivity index (χ1n) is 3.89. The molecule has 0 atom stereocenters. The summed E-state index contributed by atoms with van der Waals surface area (Å²) in [5, 5.41) is 0. The molecule has 0 aromatic rings. The van der Waals surface area contributed by atoms with Gasteiger partial charge in [-0.05, 0) is 12.8 Å². The predicted molar refractivity (Wildman–Crippen MR) is 40.0 cm³/mol. The number of hydrogen-bond acceptors (Lipinski definition) is 3. The van der Waals surface area contributed by atoms with Crippen LogP contribution in [0.3, 0.4) is 0 Å².